The number of anilines is 1. The zero-order chi connectivity index (χ0) is 14.0. The van der Waals surface area contributed by atoms with Gasteiger partial charge in [0.25, 0.3) is 10.0 Å². The second-order valence-electron chi connectivity index (χ2n) is 3.73. The van der Waals surface area contributed by atoms with Gasteiger partial charge in [-0.2, -0.15) is 0 Å². The van der Waals surface area contributed by atoms with Crippen molar-refractivity contribution < 1.29 is 22.3 Å². The third-order valence-corrected chi connectivity index (χ3v) is 3.68. The summed E-state index contributed by atoms with van der Waals surface area (Å²) in [7, 11) is -4.26. The molecule has 7 heteroatoms. The Morgan fingerprint density at radius 3 is 2.47 bits per heavy atom. The molecule has 100 valence electrons. The highest BCUT2D eigenvalue weighted by molar-refractivity contribution is 7.92. The minimum absolute atomic E-state index is 0.0451. The zero-order valence-electron chi connectivity index (χ0n) is 9.47. The molecule has 0 aliphatic heterocycles. The van der Waals surface area contributed by atoms with Gasteiger partial charge in [-0.25, -0.2) is 17.2 Å². The summed E-state index contributed by atoms with van der Waals surface area (Å²) in [6, 6.07) is 7.41. The molecule has 0 aliphatic carbocycles. The zero-order valence-corrected chi connectivity index (χ0v) is 10.3. The average Bonchev–Trinajstić information content (AvgIpc) is 2.31. The van der Waals surface area contributed by atoms with Crippen molar-refractivity contribution in [1.82, 2.24) is 0 Å². The van der Waals surface area contributed by atoms with Gasteiger partial charge in [0.1, 0.15) is 22.3 Å². The van der Waals surface area contributed by atoms with E-state index >= 15 is 0 Å². The van der Waals surface area contributed by atoms with Gasteiger partial charge in [-0.15, -0.1) is 0 Å². The highest BCUT2D eigenvalue weighted by atomic mass is 32.2. The lowest BCUT2D eigenvalue weighted by molar-refractivity contribution is 0.475. The number of sulfonamides is 1. The SMILES string of the molecule is O=S(=O)(Nc1cccc(O)c1)c1cc(F)ccc1F. The van der Waals surface area contributed by atoms with Crippen LogP contribution in [0.1, 0.15) is 0 Å². The van der Waals surface area contributed by atoms with Crippen molar-refractivity contribution in [2.24, 2.45) is 0 Å². The van der Waals surface area contributed by atoms with Crippen molar-refractivity contribution in [1.29, 1.82) is 0 Å². The van der Waals surface area contributed by atoms with Crippen LogP contribution in [0.5, 0.6) is 5.75 Å². The van der Waals surface area contributed by atoms with Crippen LogP contribution in [0.2, 0.25) is 0 Å². The van der Waals surface area contributed by atoms with E-state index in [9.17, 15) is 22.3 Å². The Morgan fingerprint density at radius 2 is 1.79 bits per heavy atom. The summed E-state index contributed by atoms with van der Waals surface area (Å²) in [6.45, 7) is 0. The van der Waals surface area contributed by atoms with Crippen molar-refractivity contribution in [2.45, 2.75) is 4.90 Å². The predicted molar refractivity (Wildman–Crippen MR) is 65.3 cm³/mol. The van der Waals surface area contributed by atoms with Gasteiger partial charge in [0.05, 0.1) is 5.69 Å². The quantitative estimate of drug-likeness (QED) is 0.910. The van der Waals surface area contributed by atoms with Crippen molar-refractivity contribution >= 4 is 15.7 Å². The topological polar surface area (TPSA) is 66.4 Å². The van der Waals surface area contributed by atoms with Gasteiger partial charge in [0, 0.05) is 6.07 Å². The van der Waals surface area contributed by atoms with E-state index in [-0.39, 0.29) is 11.4 Å². The largest absolute Gasteiger partial charge is 0.508 e. The van der Waals surface area contributed by atoms with Gasteiger partial charge in [-0.1, -0.05) is 6.07 Å². The summed E-state index contributed by atoms with van der Waals surface area (Å²) in [5.74, 6) is -2.08. The summed E-state index contributed by atoms with van der Waals surface area (Å²) in [4.78, 5) is -0.796. The van der Waals surface area contributed by atoms with Gasteiger partial charge < -0.3 is 5.11 Å². The highest BCUT2D eigenvalue weighted by Crippen LogP contribution is 2.22. The maximum atomic E-state index is 13.4. The fourth-order valence-electron chi connectivity index (χ4n) is 1.46. The smallest absolute Gasteiger partial charge is 0.264 e. The van der Waals surface area contributed by atoms with Crippen LogP contribution in [-0.2, 0) is 10.0 Å². The molecule has 0 saturated carbocycles. The van der Waals surface area contributed by atoms with Crippen LogP contribution in [0, 0.1) is 11.6 Å². The molecule has 0 saturated heterocycles. The van der Waals surface area contributed by atoms with E-state index in [2.05, 4.69) is 0 Å². The second-order valence-corrected chi connectivity index (χ2v) is 5.38. The number of phenolic OH excluding ortho intramolecular Hbond substituents is 1. The molecular formula is C12H9F2NO3S. The Labute approximate surface area is 108 Å². The second kappa shape index (κ2) is 4.85. The molecule has 0 aromatic heterocycles. The molecule has 2 rings (SSSR count). The highest BCUT2D eigenvalue weighted by Gasteiger charge is 2.20. The van der Waals surface area contributed by atoms with E-state index in [0.717, 1.165) is 18.2 Å². The molecule has 0 atom stereocenters. The number of benzene rings is 2. The summed E-state index contributed by atoms with van der Waals surface area (Å²) in [6.07, 6.45) is 0. The molecule has 2 aromatic carbocycles. The number of hydrogen-bond acceptors (Lipinski definition) is 3. The van der Waals surface area contributed by atoms with Gasteiger partial charge in [0.15, 0.2) is 0 Å². The Bertz CT molecular complexity index is 717. The molecule has 19 heavy (non-hydrogen) atoms. The van der Waals surface area contributed by atoms with Crippen molar-refractivity contribution in [2.75, 3.05) is 4.72 Å². The van der Waals surface area contributed by atoms with Crippen LogP contribution in [0.3, 0.4) is 0 Å². The maximum Gasteiger partial charge on any atom is 0.264 e. The Hall–Kier alpha value is -2.15. The number of phenols is 1. The van der Waals surface area contributed by atoms with E-state index in [4.69, 9.17) is 0 Å². The molecule has 0 bridgehead atoms. The Morgan fingerprint density at radius 1 is 1.05 bits per heavy atom. The molecular weight excluding hydrogens is 276 g/mol. The molecule has 0 aliphatic rings. The third kappa shape index (κ3) is 3.00. The summed E-state index contributed by atoms with van der Waals surface area (Å²) in [5.41, 5.74) is 0.0451. The fourth-order valence-corrected chi connectivity index (χ4v) is 2.60. The lowest BCUT2D eigenvalue weighted by Gasteiger charge is -2.09. The standard InChI is InChI=1S/C12H9F2NO3S/c13-8-4-5-11(14)12(6-8)19(17,18)15-9-2-1-3-10(16)7-9/h1-7,15-16H. The first-order valence-corrected chi connectivity index (χ1v) is 6.64. The lowest BCUT2D eigenvalue weighted by Crippen LogP contribution is -2.14. The molecule has 4 nitrogen and oxygen atoms in total. The van der Waals surface area contributed by atoms with Crippen LogP contribution < -0.4 is 4.72 Å². The number of hydrogen-bond donors (Lipinski definition) is 2. The Balaban J connectivity index is 2.40. The molecule has 0 amide bonds. The van der Waals surface area contributed by atoms with Crippen molar-refractivity contribution in [3.63, 3.8) is 0 Å². The van der Waals surface area contributed by atoms with E-state index in [1.54, 1.807) is 0 Å². The summed E-state index contributed by atoms with van der Waals surface area (Å²) in [5, 5.41) is 9.21. The van der Waals surface area contributed by atoms with Crippen LogP contribution in [0.25, 0.3) is 0 Å². The maximum absolute atomic E-state index is 13.4. The average molecular weight is 285 g/mol. The van der Waals surface area contributed by atoms with E-state index in [1.807, 2.05) is 4.72 Å². The van der Waals surface area contributed by atoms with Crippen molar-refractivity contribution in [3.8, 4) is 5.75 Å². The van der Waals surface area contributed by atoms with Crippen LogP contribution >= 0.6 is 0 Å². The molecule has 2 N–H and O–H groups in total. The van der Waals surface area contributed by atoms with Crippen LogP contribution in [-0.4, -0.2) is 13.5 Å². The number of aromatic hydroxyl groups is 1. The van der Waals surface area contributed by atoms with Crippen molar-refractivity contribution in [3.05, 3.63) is 54.1 Å². The number of halogens is 2. The Kier molecular flexibility index (Phi) is 3.39. The normalized spacial score (nSPS) is 11.3. The predicted octanol–water partition coefficient (Wildman–Crippen LogP) is 2.47. The number of rotatable bonds is 3. The summed E-state index contributed by atoms with van der Waals surface area (Å²) >= 11 is 0. The van der Waals surface area contributed by atoms with Gasteiger partial charge >= 0.3 is 0 Å². The van der Waals surface area contributed by atoms with Gasteiger partial charge in [-0.3, -0.25) is 4.72 Å². The molecule has 0 heterocycles. The molecule has 0 fully saturated rings. The fraction of sp³-hybridized carbons (Fsp3) is 0. The molecule has 0 radical (unpaired) electrons. The monoisotopic (exact) mass is 285 g/mol. The first kappa shape index (κ1) is 13.3. The molecule has 2 aromatic rings. The van der Waals surface area contributed by atoms with E-state index in [0.29, 0.717) is 6.07 Å². The summed E-state index contributed by atoms with van der Waals surface area (Å²) < 4.78 is 52.2. The first-order valence-electron chi connectivity index (χ1n) is 5.15. The van der Waals surface area contributed by atoms with Crippen LogP contribution in [0.4, 0.5) is 14.5 Å². The minimum Gasteiger partial charge on any atom is -0.508 e. The van der Waals surface area contributed by atoms with E-state index < -0.39 is 26.6 Å². The molecule has 0 unspecified atom stereocenters. The van der Waals surface area contributed by atoms with Crippen LogP contribution in [0.15, 0.2) is 47.4 Å². The minimum atomic E-state index is -4.26. The number of nitrogens with one attached hydrogen (secondary N) is 1. The van der Waals surface area contributed by atoms with E-state index in [1.165, 1.54) is 18.2 Å². The first-order chi connectivity index (χ1) is 8.88. The lowest BCUT2D eigenvalue weighted by atomic mass is 10.3. The van der Waals surface area contributed by atoms with Gasteiger partial charge in [-0.05, 0) is 30.3 Å². The molecule has 0 spiro atoms. The van der Waals surface area contributed by atoms with Gasteiger partial charge in [0.2, 0.25) is 0 Å². The third-order valence-electron chi connectivity index (χ3n) is 2.28.